The molecule has 0 radical (unpaired) electrons. The van der Waals surface area contributed by atoms with Crippen molar-refractivity contribution in [3.8, 4) is 0 Å². The molecule has 2 atom stereocenters. The Kier molecular flexibility index (Phi) is 6.30. The minimum absolute atomic E-state index is 1.12. The highest BCUT2D eigenvalue weighted by Crippen LogP contribution is 2.46. The minimum atomic E-state index is -5.02. The lowest BCUT2D eigenvalue weighted by atomic mass is 10.4. The van der Waals surface area contributed by atoms with Gasteiger partial charge in [-0.3, -0.25) is 24.0 Å². The van der Waals surface area contributed by atoms with Gasteiger partial charge in [-0.25, -0.2) is 0 Å². The molecule has 0 aromatic heterocycles. The van der Waals surface area contributed by atoms with E-state index in [1.165, 1.54) is 0 Å². The van der Waals surface area contributed by atoms with Crippen molar-refractivity contribution < 1.29 is 48.5 Å². The van der Waals surface area contributed by atoms with Crippen molar-refractivity contribution in [2.45, 2.75) is 24.4 Å². The van der Waals surface area contributed by atoms with E-state index in [9.17, 15) is 18.7 Å². The summed E-state index contributed by atoms with van der Waals surface area (Å²) in [6.07, 6.45) is -2.25. The zero-order chi connectivity index (χ0) is 15.4. The van der Waals surface area contributed by atoms with Crippen LogP contribution in [0.1, 0.15) is 12.8 Å². The highest BCUT2D eigenvalue weighted by molar-refractivity contribution is 7.53. The fraction of sp³-hybridized carbons (Fsp3) is 0.667. The van der Waals surface area contributed by atoms with Crippen LogP contribution in [0.2, 0.25) is 0 Å². The maximum atomic E-state index is 11.0. The first-order chi connectivity index (χ1) is 8.34. The lowest BCUT2D eigenvalue weighted by molar-refractivity contribution is -0.137. The van der Waals surface area contributed by atoms with Crippen molar-refractivity contribution in [1.29, 1.82) is 0 Å². The average molecular weight is 321 g/mol. The lowest BCUT2D eigenvalue weighted by Crippen LogP contribution is -2.40. The van der Waals surface area contributed by atoms with E-state index in [2.05, 4.69) is 0 Å². The normalized spacial score (nSPS) is 15.8. The molecule has 0 aromatic carbocycles. The molecule has 2 unspecified atom stereocenters. The molecular formula is C6H13NO10P2. The Morgan fingerprint density at radius 1 is 0.842 bits per heavy atom. The summed E-state index contributed by atoms with van der Waals surface area (Å²) in [5, 5.41) is 18.6. The number of hydrogen-bond acceptors (Lipinski definition) is 5. The summed E-state index contributed by atoms with van der Waals surface area (Å²) in [5.74, 6) is -7.44. The molecule has 0 aliphatic carbocycles. The first-order valence-corrected chi connectivity index (χ1v) is 8.00. The molecule has 13 heteroatoms. The Labute approximate surface area is 106 Å². The average Bonchev–Trinajstić information content (AvgIpc) is 2.10. The van der Waals surface area contributed by atoms with Gasteiger partial charge in [-0.05, 0) is 0 Å². The minimum Gasteiger partial charge on any atom is -0.481 e. The van der Waals surface area contributed by atoms with Crippen molar-refractivity contribution in [1.82, 2.24) is 5.32 Å². The fourth-order valence-corrected chi connectivity index (χ4v) is 2.76. The maximum absolute atomic E-state index is 11.0. The molecule has 0 fully saturated rings. The standard InChI is InChI=1S/C6H13NO10P2/c8-5(9)1-3(18(12,13)14)7-4(2-6(10)11)19(15,16)17/h3-4,7H,1-2H2,(H,8,9)(H,10,11)(H2,12,13,14)(H2,15,16,17). The number of carbonyl (C=O) groups is 2. The van der Waals surface area contributed by atoms with Gasteiger partial charge in [-0.2, -0.15) is 0 Å². The Hall–Kier alpha value is -0.800. The molecule has 0 amide bonds. The molecule has 0 spiro atoms. The number of carboxylic acid groups (broad SMARTS) is 2. The van der Waals surface area contributed by atoms with Crippen LogP contribution in [0.25, 0.3) is 0 Å². The molecule has 112 valence electrons. The van der Waals surface area contributed by atoms with Crippen LogP contribution in [-0.2, 0) is 18.7 Å². The third-order valence-corrected chi connectivity index (χ3v) is 4.22. The monoisotopic (exact) mass is 321 g/mol. The van der Waals surface area contributed by atoms with Gasteiger partial charge in [0.2, 0.25) is 0 Å². The smallest absolute Gasteiger partial charge is 0.342 e. The van der Waals surface area contributed by atoms with Gasteiger partial charge in [0.25, 0.3) is 0 Å². The van der Waals surface area contributed by atoms with Gasteiger partial charge in [0, 0.05) is 0 Å². The number of rotatable bonds is 8. The number of hydrogen-bond donors (Lipinski definition) is 7. The summed E-state index contributed by atoms with van der Waals surface area (Å²) in [7, 11) is -10.0. The second-order valence-electron chi connectivity index (χ2n) is 3.57. The van der Waals surface area contributed by atoms with Crippen LogP contribution in [-0.4, -0.2) is 53.3 Å². The van der Waals surface area contributed by atoms with Crippen molar-refractivity contribution >= 4 is 27.1 Å². The summed E-state index contributed by atoms with van der Waals surface area (Å²) in [4.78, 5) is 56.3. The molecule has 0 aliphatic heterocycles. The van der Waals surface area contributed by atoms with E-state index >= 15 is 0 Å². The summed E-state index contributed by atoms with van der Waals surface area (Å²) >= 11 is 0. The molecule has 7 N–H and O–H groups in total. The van der Waals surface area contributed by atoms with Crippen molar-refractivity contribution in [3.05, 3.63) is 0 Å². The van der Waals surface area contributed by atoms with Crippen molar-refractivity contribution in [2.24, 2.45) is 0 Å². The Morgan fingerprint density at radius 3 is 1.26 bits per heavy atom. The quantitative estimate of drug-likeness (QED) is 0.257. The van der Waals surface area contributed by atoms with Crippen LogP contribution in [0.4, 0.5) is 0 Å². The van der Waals surface area contributed by atoms with E-state index in [4.69, 9.17) is 29.8 Å². The van der Waals surface area contributed by atoms with Crippen LogP contribution >= 0.6 is 15.2 Å². The molecule has 0 saturated carbocycles. The Bertz CT molecular complexity index is 397. The zero-order valence-corrected chi connectivity index (χ0v) is 11.1. The predicted molar refractivity (Wildman–Crippen MR) is 59.3 cm³/mol. The highest BCUT2D eigenvalue weighted by Gasteiger charge is 2.39. The molecule has 11 nitrogen and oxygen atoms in total. The molecule has 0 aromatic rings. The van der Waals surface area contributed by atoms with E-state index in [-0.39, 0.29) is 0 Å². The molecular weight excluding hydrogens is 308 g/mol. The van der Waals surface area contributed by atoms with Crippen LogP contribution in [0.3, 0.4) is 0 Å². The Morgan fingerprint density at radius 2 is 1.11 bits per heavy atom. The van der Waals surface area contributed by atoms with E-state index in [0.29, 0.717) is 0 Å². The molecule has 0 heterocycles. The molecule has 0 saturated heterocycles. The van der Waals surface area contributed by atoms with E-state index in [1.807, 2.05) is 0 Å². The van der Waals surface area contributed by atoms with E-state index < -0.39 is 51.5 Å². The highest BCUT2D eigenvalue weighted by atomic mass is 31.2. The number of carboxylic acids is 2. The third-order valence-electron chi connectivity index (χ3n) is 1.93. The van der Waals surface area contributed by atoms with E-state index in [1.54, 1.807) is 5.32 Å². The van der Waals surface area contributed by atoms with Gasteiger partial charge in [0.15, 0.2) is 0 Å². The maximum Gasteiger partial charge on any atom is 0.342 e. The van der Waals surface area contributed by atoms with Crippen LogP contribution in [0.15, 0.2) is 0 Å². The van der Waals surface area contributed by atoms with Crippen LogP contribution in [0.5, 0.6) is 0 Å². The summed E-state index contributed by atoms with van der Waals surface area (Å²) in [6, 6.07) is 0. The van der Waals surface area contributed by atoms with E-state index in [0.717, 1.165) is 0 Å². The number of aliphatic carboxylic acids is 2. The van der Waals surface area contributed by atoms with Gasteiger partial charge >= 0.3 is 27.1 Å². The number of nitrogens with one attached hydrogen (secondary N) is 1. The van der Waals surface area contributed by atoms with Crippen LogP contribution in [0, 0.1) is 0 Å². The fourth-order valence-electron chi connectivity index (χ4n) is 1.10. The largest absolute Gasteiger partial charge is 0.481 e. The van der Waals surface area contributed by atoms with Gasteiger partial charge in [-0.15, -0.1) is 0 Å². The third kappa shape index (κ3) is 7.38. The molecule has 0 bridgehead atoms. The predicted octanol–water partition coefficient (Wildman–Crippen LogP) is -1.47. The summed E-state index contributed by atoms with van der Waals surface area (Å²) in [5.41, 5.74) is 0. The topological polar surface area (TPSA) is 202 Å². The SMILES string of the molecule is O=C(O)CC(NC(CC(=O)O)P(=O)(O)O)P(=O)(O)O. The second kappa shape index (κ2) is 6.58. The van der Waals surface area contributed by atoms with Crippen molar-refractivity contribution in [3.63, 3.8) is 0 Å². The molecule has 0 aliphatic rings. The van der Waals surface area contributed by atoms with Crippen molar-refractivity contribution in [2.75, 3.05) is 0 Å². The molecule has 19 heavy (non-hydrogen) atoms. The molecule has 0 rings (SSSR count). The van der Waals surface area contributed by atoms with Gasteiger partial charge in [0.05, 0.1) is 12.8 Å². The zero-order valence-electron chi connectivity index (χ0n) is 9.28. The second-order valence-corrected chi connectivity index (χ2v) is 7.18. The summed E-state index contributed by atoms with van der Waals surface area (Å²) < 4.78 is 22.0. The van der Waals surface area contributed by atoms with Gasteiger partial charge in [-0.1, -0.05) is 0 Å². The lowest BCUT2D eigenvalue weighted by Gasteiger charge is -2.24. The Balaban J connectivity index is 5.15. The summed E-state index contributed by atoms with van der Waals surface area (Å²) in [6.45, 7) is 0. The van der Waals surface area contributed by atoms with Gasteiger partial charge < -0.3 is 29.8 Å². The van der Waals surface area contributed by atoms with Gasteiger partial charge in [0.1, 0.15) is 11.6 Å². The van der Waals surface area contributed by atoms with Crippen LogP contribution < -0.4 is 5.32 Å². The first-order valence-electron chi connectivity index (χ1n) is 4.64. The first kappa shape index (κ1) is 18.2.